The van der Waals surface area contributed by atoms with Crippen molar-refractivity contribution in [2.75, 3.05) is 18.2 Å². The Morgan fingerprint density at radius 2 is 1.80 bits per heavy atom. The molecule has 0 spiro atoms. The highest BCUT2D eigenvalue weighted by Crippen LogP contribution is 2.38. The number of nitrogens with one attached hydrogen (secondary N) is 1. The van der Waals surface area contributed by atoms with Gasteiger partial charge < -0.3 is 25.5 Å². The van der Waals surface area contributed by atoms with E-state index in [1.807, 2.05) is 35.8 Å². The van der Waals surface area contributed by atoms with E-state index in [0.717, 1.165) is 16.9 Å². The van der Waals surface area contributed by atoms with Crippen molar-refractivity contribution < 1.29 is 14.2 Å². The highest BCUT2D eigenvalue weighted by molar-refractivity contribution is 5.96. The summed E-state index contributed by atoms with van der Waals surface area (Å²) in [6, 6.07) is 11.9. The van der Waals surface area contributed by atoms with Gasteiger partial charge in [-0.3, -0.25) is 0 Å². The number of aryl methyl sites for hydroxylation is 1. The standard InChI is InChI=1S/C25H22FN7O2/c1-14-21-23(24(32-13-31-21)28-10-15-3-6-18(35-2)7-4-15)33(17-5-8-20(34)19(26)9-17)22(14)16-11-29-25(27)30-12-16/h3-9,11-13,34H,10H2,1-2H3,(H2,27,29,30)(H,28,31,32). The molecule has 176 valence electrons. The van der Waals surface area contributed by atoms with Gasteiger partial charge in [-0.2, -0.15) is 0 Å². The number of hydrogen-bond donors (Lipinski definition) is 3. The van der Waals surface area contributed by atoms with Gasteiger partial charge in [0.2, 0.25) is 5.95 Å². The maximum Gasteiger partial charge on any atom is 0.219 e. The average Bonchev–Trinajstić information content (AvgIpc) is 3.18. The van der Waals surface area contributed by atoms with Crippen molar-refractivity contribution in [2.45, 2.75) is 13.5 Å². The summed E-state index contributed by atoms with van der Waals surface area (Å²) in [7, 11) is 1.62. The molecule has 0 fully saturated rings. The van der Waals surface area contributed by atoms with Crippen molar-refractivity contribution in [1.29, 1.82) is 0 Å². The molecule has 35 heavy (non-hydrogen) atoms. The molecule has 3 aromatic heterocycles. The summed E-state index contributed by atoms with van der Waals surface area (Å²) in [5, 5.41) is 13.1. The largest absolute Gasteiger partial charge is 0.505 e. The van der Waals surface area contributed by atoms with Crippen LogP contribution in [0.15, 0.2) is 61.2 Å². The number of nitrogen functional groups attached to an aromatic ring is 1. The van der Waals surface area contributed by atoms with Gasteiger partial charge in [0.25, 0.3) is 0 Å². The molecule has 3 heterocycles. The molecule has 0 aliphatic carbocycles. The van der Waals surface area contributed by atoms with Gasteiger partial charge in [0.1, 0.15) is 17.6 Å². The Morgan fingerprint density at radius 1 is 1.06 bits per heavy atom. The molecule has 10 heteroatoms. The van der Waals surface area contributed by atoms with Gasteiger partial charge in [-0.1, -0.05) is 12.1 Å². The zero-order chi connectivity index (χ0) is 24.5. The smallest absolute Gasteiger partial charge is 0.219 e. The van der Waals surface area contributed by atoms with Crippen molar-refractivity contribution in [3.8, 4) is 28.4 Å². The van der Waals surface area contributed by atoms with Crippen LogP contribution in [0.25, 0.3) is 28.0 Å². The summed E-state index contributed by atoms with van der Waals surface area (Å²) in [4.78, 5) is 17.2. The van der Waals surface area contributed by atoms with E-state index in [1.165, 1.54) is 18.5 Å². The summed E-state index contributed by atoms with van der Waals surface area (Å²) in [6.07, 6.45) is 4.69. The van der Waals surface area contributed by atoms with E-state index in [9.17, 15) is 9.50 Å². The van der Waals surface area contributed by atoms with E-state index in [-0.39, 0.29) is 5.95 Å². The number of nitrogens with zero attached hydrogens (tertiary/aromatic N) is 5. The number of aromatic hydroxyl groups is 1. The third-order valence-corrected chi connectivity index (χ3v) is 5.73. The van der Waals surface area contributed by atoms with Crippen LogP contribution in [0.5, 0.6) is 11.5 Å². The van der Waals surface area contributed by atoms with E-state index in [4.69, 9.17) is 10.5 Å². The van der Waals surface area contributed by atoms with E-state index >= 15 is 0 Å². The van der Waals surface area contributed by atoms with Crippen LogP contribution in [0.4, 0.5) is 16.2 Å². The molecule has 0 atom stereocenters. The molecule has 0 aliphatic rings. The number of phenols is 1. The normalized spacial score (nSPS) is 11.1. The first-order valence-electron chi connectivity index (χ1n) is 10.8. The number of methoxy groups -OCH3 is 1. The summed E-state index contributed by atoms with van der Waals surface area (Å²) >= 11 is 0. The van der Waals surface area contributed by atoms with Gasteiger partial charge in [0, 0.05) is 41.8 Å². The average molecular weight is 471 g/mol. The second-order valence-electron chi connectivity index (χ2n) is 7.90. The number of halogens is 1. The number of ether oxygens (including phenoxy) is 1. The van der Waals surface area contributed by atoms with Gasteiger partial charge in [0.05, 0.1) is 18.3 Å². The van der Waals surface area contributed by atoms with Gasteiger partial charge >= 0.3 is 0 Å². The van der Waals surface area contributed by atoms with E-state index < -0.39 is 11.6 Å². The second-order valence-corrected chi connectivity index (χ2v) is 7.90. The summed E-state index contributed by atoms with van der Waals surface area (Å²) < 4.78 is 21.5. The van der Waals surface area contributed by atoms with E-state index in [2.05, 4.69) is 25.3 Å². The molecule has 5 rings (SSSR count). The first-order valence-corrected chi connectivity index (χ1v) is 10.8. The maximum atomic E-state index is 14.4. The van der Waals surface area contributed by atoms with Crippen LogP contribution < -0.4 is 15.8 Å². The lowest BCUT2D eigenvalue weighted by Crippen LogP contribution is -2.06. The van der Waals surface area contributed by atoms with Crippen molar-refractivity contribution in [1.82, 2.24) is 24.5 Å². The first kappa shape index (κ1) is 22.1. The lowest BCUT2D eigenvalue weighted by atomic mass is 10.1. The minimum Gasteiger partial charge on any atom is -0.505 e. The third-order valence-electron chi connectivity index (χ3n) is 5.73. The highest BCUT2D eigenvalue weighted by atomic mass is 19.1. The molecule has 9 nitrogen and oxygen atoms in total. The van der Waals surface area contributed by atoms with Crippen LogP contribution in [0, 0.1) is 12.7 Å². The zero-order valence-electron chi connectivity index (χ0n) is 19.0. The Kier molecular flexibility index (Phi) is 5.61. The summed E-state index contributed by atoms with van der Waals surface area (Å²) in [5.74, 6) is 0.295. The molecule has 0 unspecified atom stereocenters. The van der Waals surface area contributed by atoms with E-state index in [0.29, 0.717) is 40.3 Å². The van der Waals surface area contributed by atoms with Crippen molar-refractivity contribution in [2.24, 2.45) is 0 Å². The van der Waals surface area contributed by atoms with E-state index in [1.54, 1.807) is 25.6 Å². The van der Waals surface area contributed by atoms with Gasteiger partial charge in [-0.25, -0.2) is 24.3 Å². The van der Waals surface area contributed by atoms with Gasteiger partial charge in [-0.05, 0) is 36.8 Å². The lowest BCUT2D eigenvalue weighted by Gasteiger charge is -2.14. The number of nitrogens with two attached hydrogens (primary N) is 1. The molecule has 0 saturated heterocycles. The fraction of sp³-hybridized carbons (Fsp3) is 0.120. The number of hydrogen-bond acceptors (Lipinski definition) is 8. The quantitative estimate of drug-likeness (QED) is 0.336. The van der Waals surface area contributed by atoms with Crippen LogP contribution in [0.3, 0.4) is 0 Å². The lowest BCUT2D eigenvalue weighted by molar-refractivity contribution is 0.414. The van der Waals surface area contributed by atoms with Crippen LogP contribution in [0.2, 0.25) is 0 Å². The number of anilines is 2. The van der Waals surface area contributed by atoms with Crippen LogP contribution in [-0.4, -0.2) is 36.7 Å². The molecule has 5 aromatic rings. The molecule has 0 amide bonds. The van der Waals surface area contributed by atoms with Crippen molar-refractivity contribution >= 4 is 22.8 Å². The SMILES string of the molecule is COc1ccc(CNc2ncnc3c(C)c(-c4cnc(N)nc4)n(-c4ccc(O)c(F)c4)c23)cc1. The van der Waals surface area contributed by atoms with Gasteiger partial charge in [-0.15, -0.1) is 0 Å². The molecular weight excluding hydrogens is 449 g/mol. The summed E-state index contributed by atoms with van der Waals surface area (Å²) in [6.45, 7) is 2.41. The number of phenolic OH excluding ortho intramolecular Hbond substituents is 1. The minimum atomic E-state index is -0.744. The molecule has 0 aliphatic heterocycles. The van der Waals surface area contributed by atoms with Crippen molar-refractivity contribution in [3.63, 3.8) is 0 Å². The van der Waals surface area contributed by atoms with Crippen LogP contribution in [-0.2, 0) is 6.54 Å². The second kappa shape index (κ2) is 8.90. The molecule has 2 aromatic carbocycles. The highest BCUT2D eigenvalue weighted by Gasteiger charge is 2.22. The van der Waals surface area contributed by atoms with Gasteiger partial charge in [0.15, 0.2) is 17.4 Å². The number of fused-ring (bicyclic) bond motifs is 1. The Morgan fingerprint density at radius 3 is 2.49 bits per heavy atom. The molecule has 0 saturated carbocycles. The fourth-order valence-corrected chi connectivity index (χ4v) is 4.01. The Balaban J connectivity index is 1.69. The monoisotopic (exact) mass is 471 g/mol. The predicted molar refractivity (Wildman–Crippen MR) is 131 cm³/mol. The Labute approximate surface area is 200 Å². The third kappa shape index (κ3) is 4.05. The number of benzene rings is 2. The fourth-order valence-electron chi connectivity index (χ4n) is 4.01. The molecule has 0 bridgehead atoms. The minimum absolute atomic E-state index is 0.145. The molecular formula is C25H22FN7O2. The topological polar surface area (TPSA) is 124 Å². The van der Waals surface area contributed by atoms with Crippen LogP contribution >= 0.6 is 0 Å². The zero-order valence-corrected chi connectivity index (χ0v) is 19.0. The molecule has 0 radical (unpaired) electrons. The number of aromatic nitrogens is 5. The maximum absolute atomic E-state index is 14.4. The Hall–Kier alpha value is -4.73. The van der Waals surface area contributed by atoms with Crippen LogP contribution in [0.1, 0.15) is 11.1 Å². The molecule has 4 N–H and O–H groups in total. The predicted octanol–water partition coefficient (Wildman–Crippen LogP) is 4.23. The first-order chi connectivity index (χ1) is 17.0. The van der Waals surface area contributed by atoms with Crippen molar-refractivity contribution in [3.05, 3.63) is 78.1 Å². The summed E-state index contributed by atoms with van der Waals surface area (Å²) in [5.41, 5.74) is 10.7. The number of rotatable bonds is 6. The Bertz CT molecular complexity index is 1520.